The van der Waals surface area contributed by atoms with Gasteiger partial charge < -0.3 is 4.74 Å². The molecule has 0 N–H and O–H groups in total. The Labute approximate surface area is 136 Å². The van der Waals surface area contributed by atoms with E-state index in [0.29, 0.717) is 24.2 Å². The lowest BCUT2D eigenvalue weighted by Gasteiger charge is -2.46. The normalized spacial score (nSPS) is 28.4. The van der Waals surface area contributed by atoms with Gasteiger partial charge in [0.15, 0.2) is 0 Å². The third kappa shape index (κ3) is 2.50. The first-order chi connectivity index (χ1) is 11.1. The van der Waals surface area contributed by atoms with Crippen molar-refractivity contribution < 1.29 is 13.9 Å². The number of rotatable bonds is 3. The quantitative estimate of drug-likeness (QED) is 0.763. The van der Waals surface area contributed by atoms with Crippen molar-refractivity contribution in [3.8, 4) is 0 Å². The molecule has 4 aliphatic rings. The largest absolute Gasteiger partial charge is 0.461 e. The topological polar surface area (TPSA) is 26.3 Å². The second-order valence-corrected chi connectivity index (χ2v) is 7.59. The van der Waals surface area contributed by atoms with E-state index >= 15 is 0 Å². The van der Waals surface area contributed by atoms with Crippen LogP contribution >= 0.6 is 0 Å². The molecular weight excluding hydrogens is 291 g/mol. The molecule has 0 aliphatic heterocycles. The molecule has 3 saturated carbocycles. The van der Waals surface area contributed by atoms with Gasteiger partial charge in [0.25, 0.3) is 0 Å². The molecule has 1 aromatic carbocycles. The maximum atomic E-state index is 13.8. The molecule has 0 unspecified atom stereocenters. The Morgan fingerprint density at radius 1 is 1.26 bits per heavy atom. The van der Waals surface area contributed by atoms with Crippen LogP contribution in [0.5, 0.6) is 0 Å². The van der Waals surface area contributed by atoms with E-state index in [4.69, 9.17) is 4.74 Å². The maximum Gasteiger partial charge on any atom is 0.338 e. The fourth-order valence-corrected chi connectivity index (χ4v) is 4.64. The molecule has 2 nitrogen and oxygen atoms in total. The summed E-state index contributed by atoms with van der Waals surface area (Å²) >= 11 is 0. The van der Waals surface area contributed by atoms with E-state index in [2.05, 4.69) is 0 Å². The molecule has 0 atom stereocenters. The summed E-state index contributed by atoms with van der Waals surface area (Å²) in [4.78, 5) is 12.6. The molecule has 122 valence electrons. The van der Waals surface area contributed by atoms with Crippen molar-refractivity contribution in [1.82, 2.24) is 0 Å². The highest BCUT2D eigenvalue weighted by atomic mass is 19.1. The lowest BCUT2D eigenvalue weighted by molar-refractivity contribution is -0.142. The van der Waals surface area contributed by atoms with Crippen LogP contribution in [-0.4, -0.2) is 12.6 Å². The molecule has 0 heterocycles. The van der Waals surface area contributed by atoms with Gasteiger partial charge in [-0.15, -0.1) is 0 Å². The number of carbonyl (C=O) groups is 1. The van der Waals surface area contributed by atoms with E-state index in [1.807, 2.05) is 6.08 Å². The monoisotopic (exact) mass is 314 g/mol. The number of hydrogen-bond donors (Lipinski definition) is 0. The van der Waals surface area contributed by atoms with Gasteiger partial charge in [0, 0.05) is 5.41 Å². The van der Waals surface area contributed by atoms with E-state index in [1.54, 1.807) is 13.0 Å². The number of ether oxygens (including phenoxy) is 1. The number of carbonyl (C=O) groups excluding carboxylic acids is 1. The van der Waals surface area contributed by atoms with Crippen LogP contribution in [0.15, 0.2) is 18.2 Å². The third-order valence-corrected chi connectivity index (χ3v) is 6.26. The lowest BCUT2D eigenvalue weighted by atomic mass is 9.61. The zero-order valence-electron chi connectivity index (χ0n) is 13.7. The van der Waals surface area contributed by atoms with Crippen LogP contribution in [0, 0.1) is 24.1 Å². The first-order valence-electron chi connectivity index (χ1n) is 8.74. The van der Waals surface area contributed by atoms with Crippen molar-refractivity contribution in [3.63, 3.8) is 0 Å². The Kier molecular flexibility index (Phi) is 3.55. The van der Waals surface area contributed by atoms with Crippen LogP contribution in [0.25, 0.3) is 5.57 Å². The van der Waals surface area contributed by atoms with E-state index < -0.39 is 0 Å². The molecule has 0 amide bonds. The van der Waals surface area contributed by atoms with E-state index in [9.17, 15) is 9.18 Å². The van der Waals surface area contributed by atoms with Crippen LogP contribution in [0.2, 0.25) is 0 Å². The number of fused-ring (bicyclic) bond motifs is 4. The molecule has 0 spiro atoms. The molecule has 0 radical (unpaired) electrons. The summed E-state index contributed by atoms with van der Waals surface area (Å²) in [6.45, 7) is 2.27. The fraction of sp³-hybridized carbons (Fsp3) is 0.550. The Hall–Kier alpha value is -1.64. The van der Waals surface area contributed by atoms with Gasteiger partial charge >= 0.3 is 5.97 Å². The zero-order chi connectivity index (χ0) is 16.0. The van der Waals surface area contributed by atoms with Gasteiger partial charge in [-0.05, 0) is 80.5 Å². The van der Waals surface area contributed by atoms with Crippen molar-refractivity contribution in [2.24, 2.45) is 11.3 Å². The van der Waals surface area contributed by atoms with Gasteiger partial charge in [-0.3, -0.25) is 0 Å². The molecule has 4 aliphatic carbocycles. The number of hydrogen-bond acceptors (Lipinski definition) is 2. The van der Waals surface area contributed by atoms with Gasteiger partial charge in [0.05, 0.1) is 12.2 Å². The standard InChI is InChI=1S/C20H23FO2/c1-13-17(21)5-3-15-2-4-16(18(13)15)19(22)23-12-20-9-6-14(7-10-20)8-11-20/h3-5,14H,2,6-12H2,1H3. The van der Waals surface area contributed by atoms with Crippen LogP contribution in [-0.2, 0) is 16.0 Å². The molecule has 1 aromatic rings. The minimum atomic E-state index is -0.278. The number of allylic oxidation sites excluding steroid dienone is 1. The molecule has 5 rings (SSSR count). The smallest absolute Gasteiger partial charge is 0.338 e. The van der Waals surface area contributed by atoms with Crippen molar-refractivity contribution in [2.75, 3.05) is 6.61 Å². The average molecular weight is 314 g/mol. The number of esters is 1. The van der Waals surface area contributed by atoms with Gasteiger partial charge in [0.1, 0.15) is 5.82 Å². The van der Waals surface area contributed by atoms with Gasteiger partial charge in [-0.1, -0.05) is 12.1 Å². The summed E-state index contributed by atoms with van der Waals surface area (Å²) in [7, 11) is 0. The van der Waals surface area contributed by atoms with Gasteiger partial charge in [0.2, 0.25) is 0 Å². The SMILES string of the molecule is Cc1c(F)ccc2c1C(C(=O)OCC13CCC(CC1)CC3)=CC2. The Balaban J connectivity index is 1.48. The van der Waals surface area contributed by atoms with Crippen LogP contribution in [0.3, 0.4) is 0 Å². The lowest BCUT2D eigenvalue weighted by Crippen LogP contribution is -2.38. The summed E-state index contributed by atoms with van der Waals surface area (Å²) in [5.74, 6) is 0.371. The highest BCUT2D eigenvalue weighted by molar-refractivity contribution is 6.18. The average Bonchev–Trinajstić information content (AvgIpc) is 3.03. The Morgan fingerprint density at radius 3 is 2.65 bits per heavy atom. The molecule has 2 bridgehead atoms. The maximum absolute atomic E-state index is 13.8. The highest BCUT2D eigenvalue weighted by Gasteiger charge is 2.41. The third-order valence-electron chi connectivity index (χ3n) is 6.26. The summed E-state index contributed by atoms with van der Waals surface area (Å²) in [6.07, 6.45) is 9.99. The Bertz CT molecular complexity index is 667. The van der Waals surface area contributed by atoms with Crippen molar-refractivity contribution in [2.45, 2.75) is 51.9 Å². The first kappa shape index (κ1) is 14.9. The van der Waals surface area contributed by atoms with Crippen LogP contribution in [0.1, 0.15) is 55.2 Å². The highest BCUT2D eigenvalue weighted by Crippen LogP contribution is 2.50. The van der Waals surface area contributed by atoms with Crippen LogP contribution < -0.4 is 0 Å². The second kappa shape index (κ2) is 5.47. The zero-order valence-corrected chi connectivity index (χ0v) is 13.7. The van der Waals surface area contributed by atoms with E-state index in [1.165, 1.54) is 44.6 Å². The second-order valence-electron chi connectivity index (χ2n) is 7.59. The van der Waals surface area contributed by atoms with Crippen molar-refractivity contribution in [1.29, 1.82) is 0 Å². The molecule has 3 fully saturated rings. The van der Waals surface area contributed by atoms with E-state index in [0.717, 1.165) is 17.0 Å². The molecule has 0 aromatic heterocycles. The Morgan fingerprint density at radius 2 is 1.96 bits per heavy atom. The minimum Gasteiger partial charge on any atom is -0.461 e. The number of halogens is 1. The minimum absolute atomic E-state index is 0.212. The summed E-state index contributed by atoms with van der Waals surface area (Å²) in [6, 6.07) is 3.26. The van der Waals surface area contributed by atoms with Crippen molar-refractivity contribution >= 4 is 11.5 Å². The van der Waals surface area contributed by atoms with Crippen LogP contribution in [0.4, 0.5) is 4.39 Å². The molecule has 0 saturated heterocycles. The molecule has 3 heteroatoms. The summed E-state index contributed by atoms with van der Waals surface area (Å²) in [5.41, 5.74) is 3.09. The number of benzene rings is 1. The summed E-state index contributed by atoms with van der Waals surface area (Å²) < 4.78 is 19.5. The molecular formula is C20H23FO2. The van der Waals surface area contributed by atoms with Crippen molar-refractivity contribution in [3.05, 3.63) is 40.7 Å². The predicted octanol–water partition coefficient (Wildman–Crippen LogP) is 4.59. The molecule has 23 heavy (non-hydrogen) atoms. The van der Waals surface area contributed by atoms with Gasteiger partial charge in [-0.25, -0.2) is 9.18 Å². The summed E-state index contributed by atoms with van der Waals surface area (Å²) in [5, 5.41) is 0. The van der Waals surface area contributed by atoms with Gasteiger partial charge in [-0.2, -0.15) is 0 Å². The van der Waals surface area contributed by atoms with E-state index in [-0.39, 0.29) is 17.2 Å². The fourth-order valence-electron chi connectivity index (χ4n) is 4.64. The first-order valence-corrected chi connectivity index (χ1v) is 8.74. The predicted molar refractivity (Wildman–Crippen MR) is 87.4 cm³/mol.